The number of nitrogens with zero attached hydrogens (tertiary/aromatic N) is 5. The Kier molecular flexibility index (Phi) is 7.66. The van der Waals surface area contributed by atoms with Crippen molar-refractivity contribution in [3.8, 4) is 17.1 Å². The van der Waals surface area contributed by atoms with Crippen LogP contribution >= 0.6 is 0 Å². The number of non-ortho nitro benzene ring substituents is 1. The third-order valence-electron chi connectivity index (χ3n) is 6.24. The van der Waals surface area contributed by atoms with E-state index in [-0.39, 0.29) is 45.9 Å². The van der Waals surface area contributed by atoms with E-state index in [4.69, 9.17) is 4.74 Å². The summed E-state index contributed by atoms with van der Waals surface area (Å²) in [5.41, 5.74) is -1.71. The van der Waals surface area contributed by atoms with E-state index in [2.05, 4.69) is 10.1 Å². The zero-order chi connectivity index (χ0) is 30.7. The number of aromatic nitrogens is 2. The minimum Gasteiger partial charge on any atom is -0.481 e. The Balaban J connectivity index is 1.62. The van der Waals surface area contributed by atoms with Crippen molar-refractivity contribution in [3.05, 3.63) is 138 Å². The molecule has 0 amide bonds. The van der Waals surface area contributed by atoms with Crippen LogP contribution in [0.1, 0.15) is 16.7 Å². The van der Waals surface area contributed by atoms with E-state index in [9.17, 15) is 38.2 Å². The van der Waals surface area contributed by atoms with Gasteiger partial charge in [-0.25, -0.2) is 4.98 Å². The predicted octanol–water partition coefficient (Wildman–Crippen LogP) is 6.36. The lowest BCUT2D eigenvalue weighted by atomic mass is 10.1. The topological polar surface area (TPSA) is 143 Å². The summed E-state index contributed by atoms with van der Waals surface area (Å²) in [6.45, 7) is -0.277. The summed E-state index contributed by atoms with van der Waals surface area (Å²) in [5, 5.41) is 27.2. The van der Waals surface area contributed by atoms with E-state index in [1.165, 1.54) is 66.7 Å². The Morgan fingerprint density at radius 1 is 0.907 bits per heavy atom. The number of rotatable bonds is 8. The minimum atomic E-state index is -4.66. The maximum Gasteiger partial charge on any atom is 0.416 e. The molecule has 0 aliphatic heterocycles. The molecule has 5 rings (SSSR count). The zero-order valence-electron chi connectivity index (χ0n) is 21.8. The lowest BCUT2D eigenvalue weighted by molar-refractivity contribution is -0.386. The summed E-state index contributed by atoms with van der Waals surface area (Å²) in [6.07, 6.45) is -3.57. The largest absolute Gasteiger partial charge is 0.481 e. The number of halogens is 3. The van der Waals surface area contributed by atoms with Gasteiger partial charge in [-0.3, -0.25) is 25.0 Å². The molecule has 0 unspecified atom stereocenters. The molecule has 0 fully saturated rings. The van der Waals surface area contributed by atoms with Crippen LogP contribution in [0, 0.1) is 20.2 Å². The summed E-state index contributed by atoms with van der Waals surface area (Å²) in [7, 11) is 0. The van der Waals surface area contributed by atoms with Gasteiger partial charge in [-0.1, -0.05) is 42.5 Å². The van der Waals surface area contributed by atoms with Gasteiger partial charge in [0, 0.05) is 29.3 Å². The third-order valence-corrected chi connectivity index (χ3v) is 6.24. The fraction of sp³-hybridized carbons (Fsp3) is 0.0690. The van der Waals surface area contributed by atoms with Gasteiger partial charge in [-0.05, 0) is 35.9 Å². The van der Waals surface area contributed by atoms with Gasteiger partial charge in [0.05, 0.1) is 32.5 Å². The van der Waals surface area contributed by atoms with E-state index in [1.54, 1.807) is 12.1 Å². The highest BCUT2D eigenvalue weighted by molar-refractivity contribution is 5.86. The number of para-hydroxylation sites is 2. The lowest BCUT2D eigenvalue weighted by Crippen LogP contribution is -2.20. The quantitative estimate of drug-likeness (QED) is 0.116. The smallest absolute Gasteiger partial charge is 0.416 e. The maximum atomic E-state index is 13.5. The first-order valence-corrected chi connectivity index (χ1v) is 12.4. The number of hydrogen-bond acceptors (Lipinski definition) is 8. The average molecular weight is 589 g/mol. The molecular formula is C29H18F3N5O6. The Hall–Kier alpha value is -5.92. The van der Waals surface area contributed by atoms with Crippen molar-refractivity contribution < 1.29 is 27.8 Å². The first-order chi connectivity index (χ1) is 20.5. The summed E-state index contributed by atoms with van der Waals surface area (Å²) in [5.74, 6) is -0.444. The summed E-state index contributed by atoms with van der Waals surface area (Å²) in [6, 6.07) is 19.9. The average Bonchev–Trinajstić information content (AvgIpc) is 2.99. The number of nitro benzene ring substituents is 2. The molecule has 0 aliphatic carbocycles. The number of ether oxygens (including phenoxy) is 1. The van der Waals surface area contributed by atoms with Crippen LogP contribution in [0.2, 0.25) is 0 Å². The molecule has 1 aromatic heterocycles. The molecule has 0 atom stereocenters. The van der Waals surface area contributed by atoms with Gasteiger partial charge in [0.15, 0.2) is 5.82 Å². The van der Waals surface area contributed by atoms with E-state index in [0.717, 1.165) is 23.0 Å². The Morgan fingerprint density at radius 2 is 1.65 bits per heavy atom. The van der Waals surface area contributed by atoms with E-state index >= 15 is 0 Å². The number of benzene rings is 4. The number of nitro groups is 2. The van der Waals surface area contributed by atoms with Crippen molar-refractivity contribution in [2.75, 3.05) is 0 Å². The molecule has 0 saturated carbocycles. The molecule has 43 heavy (non-hydrogen) atoms. The van der Waals surface area contributed by atoms with Crippen LogP contribution in [0.5, 0.6) is 5.75 Å². The van der Waals surface area contributed by atoms with Crippen molar-refractivity contribution in [1.82, 2.24) is 9.66 Å². The number of alkyl halides is 3. The van der Waals surface area contributed by atoms with Crippen molar-refractivity contribution in [2.24, 2.45) is 5.10 Å². The third kappa shape index (κ3) is 6.07. The van der Waals surface area contributed by atoms with Gasteiger partial charge in [-0.15, -0.1) is 0 Å². The van der Waals surface area contributed by atoms with Crippen LogP contribution in [0.15, 0.2) is 101 Å². The van der Waals surface area contributed by atoms with E-state index < -0.39 is 32.8 Å². The van der Waals surface area contributed by atoms with Gasteiger partial charge < -0.3 is 4.74 Å². The molecule has 5 aromatic rings. The lowest BCUT2D eigenvalue weighted by Gasteiger charge is -2.12. The molecule has 14 heteroatoms. The predicted molar refractivity (Wildman–Crippen MR) is 150 cm³/mol. The minimum absolute atomic E-state index is 0.0454. The van der Waals surface area contributed by atoms with Crippen LogP contribution in [0.4, 0.5) is 24.5 Å². The van der Waals surface area contributed by atoms with Gasteiger partial charge >= 0.3 is 11.9 Å². The van der Waals surface area contributed by atoms with Gasteiger partial charge in [0.1, 0.15) is 6.61 Å². The molecule has 0 radical (unpaired) electrons. The first-order valence-electron chi connectivity index (χ1n) is 12.4. The molecule has 0 saturated heterocycles. The number of fused-ring (bicyclic) bond motifs is 1. The Bertz CT molecular complexity index is 1970. The Morgan fingerprint density at radius 3 is 2.40 bits per heavy atom. The van der Waals surface area contributed by atoms with E-state index in [0.29, 0.717) is 5.56 Å². The van der Waals surface area contributed by atoms with Crippen molar-refractivity contribution in [2.45, 2.75) is 12.8 Å². The molecule has 0 spiro atoms. The standard InChI is InChI=1S/C29H18F3N5O6/c30-29(31,32)21-9-4-7-19(15-21)27-34-24-12-2-1-11-23(24)28(38)35(27)33-16-20-8-5-13-25(37(41)42)26(20)43-17-18-6-3-10-22(14-18)36(39)40/h1-16H,17H2. The van der Waals surface area contributed by atoms with Crippen LogP contribution < -0.4 is 10.3 Å². The summed E-state index contributed by atoms with van der Waals surface area (Å²) < 4.78 is 46.9. The second-order valence-corrected chi connectivity index (χ2v) is 9.06. The monoisotopic (exact) mass is 589 g/mol. The second-order valence-electron chi connectivity index (χ2n) is 9.06. The zero-order valence-corrected chi connectivity index (χ0v) is 21.8. The first kappa shape index (κ1) is 28.6. The normalized spacial score (nSPS) is 11.6. The maximum absolute atomic E-state index is 13.5. The van der Waals surface area contributed by atoms with Crippen molar-refractivity contribution >= 4 is 28.5 Å². The molecular weight excluding hydrogens is 571 g/mol. The van der Waals surface area contributed by atoms with Crippen molar-refractivity contribution in [1.29, 1.82) is 0 Å². The molecule has 0 N–H and O–H groups in total. The Labute approximate surface area is 239 Å². The van der Waals surface area contributed by atoms with Crippen LogP contribution in [0.25, 0.3) is 22.3 Å². The SMILES string of the molecule is O=c1c2ccccc2nc(-c2cccc(C(F)(F)F)c2)n1N=Cc1cccc([N+](=O)[O-])c1OCc1cccc([N+](=O)[O-])c1. The highest BCUT2D eigenvalue weighted by Crippen LogP contribution is 2.33. The molecule has 11 nitrogen and oxygen atoms in total. The fourth-order valence-corrected chi connectivity index (χ4v) is 4.23. The summed E-state index contributed by atoms with van der Waals surface area (Å²) >= 11 is 0. The van der Waals surface area contributed by atoms with E-state index in [1.807, 2.05) is 0 Å². The molecule has 4 aromatic carbocycles. The van der Waals surface area contributed by atoms with Crippen molar-refractivity contribution in [3.63, 3.8) is 0 Å². The van der Waals surface area contributed by atoms with Crippen LogP contribution in [0.3, 0.4) is 0 Å². The molecule has 1 heterocycles. The molecule has 0 bridgehead atoms. The molecule has 0 aliphatic rings. The van der Waals surface area contributed by atoms with Gasteiger partial charge in [0.25, 0.3) is 11.2 Å². The summed E-state index contributed by atoms with van der Waals surface area (Å²) in [4.78, 5) is 39.5. The van der Waals surface area contributed by atoms with Crippen LogP contribution in [-0.4, -0.2) is 25.7 Å². The van der Waals surface area contributed by atoms with Crippen LogP contribution in [-0.2, 0) is 12.8 Å². The van der Waals surface area contributed by atoms with Gasteiger partial charge in [-0.2, -0.15) is 22.9 Å². The highest BCUT2D eigenvalue weighted by atomic mass is 19.4. The molecule has 216 valence electrons. The fourth-order valence-electron chi connectivity index (χ4n) is 4.23. The number of hydrogen-bond donors (Lipinski definition) is 0. The second kappa shape index (κ2) is 11.5. The van der Waals surface area contributed by atoms with Gasteiger partial charge in [0.2, 0.25) is 5.75 Å². The highest BCUT2D eigenvalue weighted by Gasteiger charge is 2.31.